The van der Waals surface area contributed by atoms with E-state index in [9.17, 15) is 5.11 Å². The number of H-pyrrole nitrogens is 1. The van der Waals surface area contributed by atoms with Gasteiger partial charge in [0.15, 0.2) is 0 Å². The van der Waals surface area contributed by atoms with Crippen molar-refractivity contribution in [1.82, 2.24) is 10.3 Å². The number of aryl methyl sites for hydroxylation is 1. The molecule has 0 saturated heterocycles. The summed E-state index contributed by atoms with van der Waals surface area (Å²) < 4.78 is 0. The minimum Gasteiger partial charge on any atom is -0.508 e. The SMILES string of the molecule is CCCC(CC)NC1CCc2[nH]c3ccc(O)cc3c2C1.Cl. The molecule has 2 atom stereocenters. The maximum atomic E-state index is 9.74. The van der Waals surface area contributed by atoms with E-state index >= 15 is 0 Å². The highest BCUT2D eigenvalue weighted by Crippen LogP contribution is 2.31. The van der Waals surface area contributed by atoms with Gasteiger partial charge in [-0.2, -0.15) is 0 Å². The van der Waals surface area contributed by atoms with Crippen molar-refractivity contribution in [2.75, 3.05) is 0 Å². The Labute approximate surface area is 138 Å². The van der Waals surface area contributed by atoms with Gasteiger partial charge >= 0.3 is 0 Å². The third kappa shape index (κ3) is 3.41. The van der Waals surface area contributed by atoms with Crippen molar-refractivity contribution < 1.29 is 5.11 Å². The molecule has 1 heterocycles. The van der Waals surface area contributed by atoms with Crippen molar-refractivity contribution in [1.29, 1.82) is 0 Å². The lowest BCUT2D eigenvalue weighted by Crippen LogP contribution is -2.41. The quantitative estimate of drug-likeness (QED) is 0.767. The van der Waals surface area contributed by atoms with Gasteiger partial charge in [0.1, 0.15) is 5.75 Å². The van der Waals surface area contributed by atoms with Crippen LogP contribution < -0.4 is 5.32 Å². The van der Waals surface area contributed by atoms with Crippen LogP contribution in [0.15, 0.2) is 18.2 Å². The van der Waals surface area contributed by atoms with Crippen LogP contribution in [-0.2, 0) is 12.8 Å². The normalized spacial score (nSPS) is 18.7. The molecule has 1 aliphatic carbocycles. The number of phenolic OH excluding ortho intramolecular Hbond substituents is 1. The summed E-state index contributed by atoms with van der Waals surface area (Å²) in [6.45, 7) is 4.52. The second kappa shape index (κ2) is 7.38. The van der Waals surface area contributed by atoms with E-state index in [2.05, 4.69) is 24.1 Å². The Morgan fingerprint density at radius 2 is 2.18 bits per heavy atom. The van der Waals surface area contributed by atoms with Crippen molar-refractivity contribution in [3.8, 4) is 5.75 Å². The summed E-state index contributed by atoms with van der Waals surface area (Å²) in [7, 11) is 0. The molecular weight excluding hydrogens is 296 g/mol. The van der Waals surface area contributed by atoms with Crippen molar-refractivity contribution in [3.05, 3.63) is 29.5 Å². The minimum atomic E-state index is 0. The van der Waals surface area contributed by atoms with Crippen LogP contribution in [0, 0.1) is 0 Å². The predicted molar refractivity (Wildman–Crippen MR) is 95.1 cm³/mol. The number of aromatic amines is 1. The molecule has 1 aromatic heterocycles. The van der Waals surface area contributed by atoms with Gasteiger partial charge in [-0.25, -0.2) is 0 Å². The maximum Gasteiger partial charge on any atom is 0.116 e. The molecule has 0 radical (unpaired) electrons. The first-order valence-electron chi connectivity index (χ1n) is 8.29. The zero-order chi connectivity index (χ0) is 14.8. The highest BCUT2D eigenvalue weighted by molar-refractivity contribution is 5.86. The van der Waals surface area contributed by atoms with Crippen LogP contribution in [0.3, 0.4) is 0 Å². The van der Waals surface area contributed by atoms with Gasteiger partial charge in [-0.3, -0.25) is 0 Å². The number of aromatic hydroxyl groups is 1. The Kier molecular flexibility index (Phi) is 5.76. The van der Waals surface area contributed by atoms with Crippen molar-refractivity contribution >= 4 is 23.3 Å². The van der Waals surface area contributed by atoms with Gasteiger partial charge in [0, 0.05) is 28.7 Å². The number of hydrogen-bond donors (Lipinski definition) is 3. The van der Waals surface area contributed by atoms with Crippen molar-refractivity contribution in [2.45, 2.75) is 64.5 Å². The van der Waals surface area contributed by atoms with Crippen LogP contribution in [0.5, 0.6) is 5.75 Å². The molecule has 2 aromatic rings. The number of phenols is 1. The third-order valence-corrected chi connectivity index (χ3v) is 4.77. The molecule has 1 aromatic carbocycles. The van der Waals surface area contributed by atoms with E-state index in [-0.39, 0.29) is 12.4 Å². The molecule has 3 rings (SSSR count). The summed E-state index contributed by atoms with van der Waals surface area (Å²) in [5.74, 6) is 0.358. The standard InChI is InChI=1S/C18H26N2O.ClH/c1-3-5-12(4-2)19-13-6-8-17-15(10-13)16-11-14(21)7-9-18(16)20-17;/h7,9,11-13,19-21H,3-6,8,10H2,1-2H3;1H. The molecule has 3 nitrogen and oxygen atoms in total. The van der Waals surface area contributed by atoms with Crippen molar-refractivity contribution in [3.63, 3.8) is 0 Å². The minimum absolute atomic E-state index is 0. The molecule has 1 aliphatic rings. The van der Waals surface area contributed by atoms with Gasteiger partial charge in [-0.1, -0.05) is 20.3 Å². The van der Waals surface area contributed by atoms with Gasteiger partial charge in [0.25, 0.3) is 0 Å². The molecule has 4 heteroatoms. The number of benzene rings is 1. The summed E-state index contributed by atoms with van der Waals surface area (Å²) in [4.78, 5) is 3.52. The summed E-state index contributed by atoms with van der Waals surface area (Å²) in [5.41, 5.74) is 3.91. The summed E-state index contributed by atoms with van der Waals surface area (Å²) in [6.07, 6.45) is 7.07. The zero-order valence-corrected chi connectivity index (χ0v) is 14.3. The maximum absolute atomic E-state index is 9.74. The lowest BCUT2D eigenvalue weighted by atomic mass is 9.90. The second-order valence-electron chi connectivity index (χ2n) is 6.31. The Hall–Kier alpha value is -1.19. The van der Waals surface area contributed by atoms with E-state index in [0.717, 1.165) is 18.4 Å². The van der Waals surface area contributed by atoms with Crippen LogP contribution in [0.1, 0.15) is 50.8 Å². The third-order valence-electron chi connectivity index (χ3n) is 4.77. The van der Waals surface area contributed by atoms with Crippen LogP contribution >= 0.6 is 12.4 Å². The van der Waals surface area contributed by atoms with E-state index in [4.69, 9.17) is 0 Å². The summed E-state index contributed by atoms with van der Waals surface area (Å²) in [5, 5.41) is 14.8. The van der Waals surface area contributed by atoms with Crippen molar-refractivity contribution in [2.24, 2.45) is 0 Å². The van der Waals surface area contributed by atoms with E-state index in [1.54, 1.807) is 6.07 Å². The second-order valence-corrected chi connectivity index (χ2v) is 6.31. The number of nitrogens with one attached hydrogen (secondary N) is 2. The molecule has 0 bridgehead atoms. The van der Waals surface area contributed by atoms with Crippen LogP contribution in [0.25, 0.3) is 10.9 Å². The molecule has 0 aliphatic heterocycles. The Balaban J connectivity index is 0.00000176. The molecule has 22 heavy (non-hydrogen) atoms. The number of rotatable bonds is 5. The lowest BCUT2D eigenvalue weighted by Gasteiger charge is -2.28. The highest BCUT2D eigenvalue weighted by Gasteiger charge is 2.23. The first-order chi connectivity index (χ1) is 10.2. The average Bonchev–Trinajstić information content (AvgIpc) is 2.84. The van der Waals surface area contributed by atoms with E-state index in [0.29, 0.717) is 17.8 Å². The van der Waals surface area contributed by atoms with Gasteiger partial charge in [0.2, 0.25) is 0 Å². The number of halogens is 1. The molecule has 2 unspecified atom stereocenters. The Bertz CT molecular complexity index is 623. The largest absolute Gasteiger partial charge is 0.508 e. The topological polar surface area (TPSA) is 48.0 Å². The number of fused-ring (bicyclic) bond motifs is 3. The lowest BCUT2D eigenvalue weighted by molar-refractivity contribution is 0.368. The van der Waals surface area contributed by atoms with E-state index < -0.39 is 0 Å². The molecule has 122 valence electrons. The fraction of sp³-hybridized carbons (Fsp3) is 0.556. The fourth-order valence-electron chi connectivity index (χ4n) is 3.63. The molecule has 0 spiro atoms. The smallest absolute Gasteiger partial charge is 0.116 e. The Morgan fingerprint density at radius 3 is 2.91 bits per heavy atom. The monoisotopic (exact) mass is 322 g/mol. The fourth-order valence-corrected chi connectivity index (χ4v) is 3.63. The summed E-state index contributed by atoms with van der Waals surface area (Å²) in [6, 6.07) is 6.85. The van der Waals surface area contributed by atoms with Gasteiger partial charge in [0.05, 0.1) is 0 Å². The van der Waals surface area contributed by atoms with E-state index in [1.807, 2.05) is 12.1 Å². The highest BCUT2D eigenvalue weighted by atomic mass is 35.5. The van der Waals surface area contributed by atoms with E-state index in [1.165, 1.54) is 42.3 Å². The van der Waals surface area contributed by atoms with Crippen LogP contribution in [-0.4, -0.2) is 22.2 Å². The van der Waals surface area contributed by atoms with Crippen LogP contribution in [0.4, 0.5) is 0 Å². The molecule has 0 saturated carbocycles. The molecule has 0 fully saturated rings. The predicted octanol–water partition coefficient (Wildman–Crippen LogP) is 4.32. The molecular formula is C18H27ClN2O. The number of hydrogen-bond acceptors (Lipinski definition) is 2. The number of aromatic nitrogens is 1. The molecule has 3 N–H and O–H groups in total. The zero-order valence-electron chi connectivity index (χ0n) is 13.5. The molecule has 0 amide bonds. The Morgan fingerprint density at radius 1 is 1.36 bits per heavy atom. The first kappa shape index (κ1) is 17.2. The summed E-state index contributed by atoms with van der Waals surface area (Å²) >= 11 is 0. The van der Waals surface area contributed by atoms with Gasteiger partial charge in [-0.15, -0.1) is 12.4 Å². The first-order valence-corrected chi connectivity index (χ1v) is 8.29. The van der Waals surface area contributed by atoms with Crippen LogP contribution in [0.2, 0.25) is 0 Å². The average molecular weight is 323 g/mol. The van der Waals surface area contributed by atoms with Gasteiger partial charge in [-0.05, 0) is 55.9 Å². The van der Waals surface area contributed by atoms with Gasteiger partial charge < -0.3 is 15.4 Å².